The molecule has 0 spiro atoms. The molecule has 5 fully saturated rings. The molecule has 5 heterocycles. The van der Waals surface area contributed by atoms with Gasteiger partial charge in [-0.25, -0.2) is 0 Å². The van der Waals surface area contributed by atoms with Crippen molar-refractivity contribution in [3.8, 4) is 0 Å². The smallest absolute Gasteiger partial charge is 0.227 e. The number of fused-ring (bicyclic) bond motifs is 4. The van der Waals surface area contributed by atoms with E-state index in [0.29, 0.717) is 11.9 Å². The van der Waals surface area contributed by atoms with Crippen molar-refractivity contribution in [3.05, 3.63) is 21.9 Å². The number of thiophene rings is 1. The lowest BCUT2D eigenvalue weighted by atomic mass is 9.94. The molecule has 2 bridgehead atoms. The Bertz CT molecular complexity index is 649. The number of rotatable bonds is 6. The van der Waals surface area contributed by atoms with Crippen molar-refractivity contribution >= 4 is 17.2 Å². The van der Waals surface area contributed by atoms with Gasteiger partial charge < -0.3 is 4.90 Å². The Morgan fingerprint density at radius 3 is 2.65 bits per heavy atom. The van der Waals surface area contributed by atoms with E-state index in [0.717, 1.165) is 45.1 Å². The molecule has 0 N–H and O–H groups in total. The molecule has 5 heteroatoms. The van der Waals surface area contributed by atoms with E-state index in [1.807, 2.05) is 11.3 Å². The number of carbonyl (C=O) groups excluding carboxylic acids is 1. The van der Waals surface area contributed by atoms with Gasteiger partial charge in [0.25, 0.3) is 0 Å². The van der Waals surface area contributed by atoms with Gasteiger partial charge in [0.1, 0.15) is 0 Å². The fraction of sp³-hybridized carbons (Fsp3) is 0.762. The quantitative estimate of drug-likeness (QED) is 0.766. The molecule has 1 aromatic heterocycles. The summed E-state index contributed by atoms with van der Waals surface area (Å²) >= 11 is 1.91. The lowest BCUT2D eigenvalue weighted by molar-refractivity contribution is -0.140. The van der Waals surface area contributed by atoms with Crippen LogP contribution in [0.1, 0.15) is 49.0 Å². The summed E-state index contributed by atoms with van der Waals surface area (Å²) < 4.78 is 0. The highest BCUT2D eigenvalue weighted by atomic mass is 32.1. The maximum absolute atomic E-state index is 12.9. The zero-order chi connectivity index (χ0) is 17.5. The first-order valence-corrected chi connectivity index (χ1v) is 11.4. The third kappa shape index (κ3) is 3.71. The van der Waals surface area contributed by atoms with E-state index in [-0.39, 0.29) is 5.92 Å². The van der Waals surface area contributed by atoms with Crippen molar-refractivity contribution in [2.24, 2.45) is 11.8 Å². The Balaban J connectivity index is 1.22. The van der Waals surface area contributed by atoms with Gasteiger partial charge in [-0.15, -0.1) is 11.3 Å². The highest BCUT2D eigenvalue weighted by Crippen LogP contribution is 2.36. The predicted molar refractivity (Wildman–Crippen MR) is 105 cm³/mol. The third-order valence-corrected chi connectivity index (χ3v) is 7.68. The second kappa shape index (κ2) is 7.25. The van der Waals surface area contributed by atoms with Crippen LogP contribution in [0.25, 0.3) is 0 Å². The minimum atomic E-state index is 0.247. The van der Waals surface area contributed by atoms with Crippen LogP contribution in [0, 0.1) is 11.8 Å². The van der Waals surface area contributed by atoms with Crippen LogP contribution in [0.2, 0.25) is 0 Å². The topological polar surface area (TPSA) is 26.8 Å². The van der Waals surface area contributed by atoms with Crippen LogP contribution < -0.4 is 0 Å². The van der Waals surface area contributed by atoms with E-state index in [1.54, 1.807) is 0 Å². The van der Waals surface area contributed by atoms with Crippen molar-refractivity contribution in [2.75, 3.05) is 32.7 Å². The molecular weight excluding hydrogens is 342 g/mol. The summed E-state index contributed by atoms with van der Waals surface area (Å²) in [4.78, 5) is 21.7. The van der Waals surface area contributed by atoms with Crippen molar-refractivity contribution in [1.82, 2.24) is 14.7 Å². The maximum Gasteiger partial charge on any atom is 0.227 e. The summed E-state index contributed by atoms with van der Waals surface area (Å²) in [6, 6.07) is 2.88. The number of likely N-dealkylation sites (tertiary alicyclic amines) is 1. The average Bonchev–Trinajstić information content (AvgIpc) is 3.22. The van der Waals surface area contributed by atoms with Gasteiger partial charge in [0.2, 0.25) is 5.91 Å². The predicted octanol–water partition coefficient (Wildman–Crippen LogP) is 3.18. The van der Waals surface area contributed by atoms with Crippen molar-refractivity contribution < 1.29 is 4.79 Å². The van der Waals surface area contributed by atoms with Crippen LogP contribution in [0.15, 0.2) is 11.4 Å². The second-order valence-electron chi connectivity index (χ2n) is 8.96. The van der Waals surface area contributed by atoms with Crippen LogP contribution in [-0.2, 0) is 17.9 Å². The molecule has 26 heavy (non-hydrogen) atoms. The maximum atomic E-state index is 12.9. The molecule has 6 rings (SSSR count). The molecule has 5 aliphatic rings. The molecule has 0 unspecified atom stereocenters. The summed E-state index contributed by atoms with van der Waals surface area (Å²) in [5.41, 5.74) is 1.48. The zero-order valence-electron chi connectivity index (χ0n) is 15.7. The van der Waals surface area contributed by atoms with Gasteiger partial charge in [0.15, 0.2) is 0 Å². The molecule has 4 aliphatic heterocycles. The molecule has 0 radical (unpaired) electrons. The van der Waals surface area contributed by atoms with E-state index < -0.39 is 0 Å². The van der Waals surface area contributed by atoms with E-state index in [4.69, 9.17) is 0 Å². The molecule has 1 aliphatic carbocycles. The zero-order valence-corrected chi connectivity index (χ0v) is 16.6. The van der Waals surface area contributed by atoms with Crippen molar-refractivity contribution in [1.29, 1.82) is 0 Å². The summed E-state index contributed by atoms with van der Waals surface area (Å²) in [7, 11) is 0. The first kappa shape index (κ1) is 17.2. The molecule has 2 atom stereocenters. The summed E-state index contributed by atoms with van der Waals surface area (Å²) in [6.07, 6.45) is 7.70. The van der Waals surface area contributed by atoms with Crippen LogP contribution in [0.3, 0.4) is 0 Å². The molecule has 4 nitrogen and oxygen atoms in total. The first-order chi connectivity index (χ1) is 12.7. The fourth-order valence-electron chi connectivity index (χ4n) is 5.09. The number of carbonyl (C=O) groups is 1. The summed E-state index contributed by atoms with van der Waals surface area (Å²) in [5.74, 6) is 1.50. The van der Waals surface area contributed by atoms with E-state index in [2.05, 4.69) is 26.1 Å². The normalized spacial score (nSPS) is 30.3. The minimum absolute atomic E-state index is 0.247. The number of hydrogen-bond donors (Lipinski definition) is 0. The Morgan fingerprint density at radius 2 is 1.85 bits per heavy atom. The van der Waals surface area contributed by atoms with E-state index in [9.17, 15) is 4.79 Å². The lowest BCUT2D eigenvalue weighted by Crippen LogP contribution is -2.48. The Hall–Kier alpha value is -0.910. The Labute approximate surface area is 161 Å². The highest BCUT2D eigenvalue weighted by Gasteiger charge is 2.42. The molecule has 1 aromatic rings. The number of hydrogen-bond acceptors (Lipinski definition) is 4. The molecular formula is C21H31N3OS. The lowest BCUT2D eigenvalue weighted by Gasteiger charge is -2.36. The number of nitrogens with zero attached hydrogens (tertiary/aromatic N) is 3. The van der Waals surface area contributed by atoms with Gasteiger partial charge in [0.05, 0.1) is 5.92 Å². The van der Waals surface area contributed by atoms with Gasteiger partial charge in [-0.05, 0) is 74.5 Å². The first-order valence-electron chi connectivity index (χ1n) is 10.6. The van der Waals surface area contributed by atoms with E-state index >= 15 is 0 Å². The molecule has 1 amide bonds. The SMILES string of the molecule is O=C1[C@H]2CC[C@H](CN(Cc3cc(CN4CCCC4)cs3)C2)N1CC1CC1. The second-order valence-corrected chi connectivity index (χ2v) is 9.96. The molecule has 0 aromatic carbocycles. The summed E-state index contributed by atoms with van der Waals surface area (Å²) in [5, 5.41) is 2.35. The average molecular weight is 374 g/mol. The summed E-state index contributed by atoms with van der Waals surface area (Å²) in [6.45, 7) is 7.76. The number of piperidine rings is 1. The van der Waals surface area contributed by atoms with Gasteiger partial charge in [-0.3, -0.25) is 14.6 Å². The fourth-order valence-corrected chi connectivity index (χ4v) is 6.01. The van der Waals surface area contributed by atoms with Crippen LogP contribution in [0.5, 0.6) is 0 Å². The van der Waals surface area contributed by atoms with Crippen LogP contribution in [-0.4, -0.2) is 59.4 Å². The van der Waals surface area contributed by atoms with Gasteiger partial charge in [0, 0.05) is 43.6 Å². The Kier molecular flexibility index (Phi) is 4.80. The van der Waals surface area contributed by atoms with Crippen molar-refractivity contribution in [3.63, 3.8) is 0 Å². The highest BCUT2D eigenvalue weighted by molar-refractivity contribution is 7.10. The van der Waals surface area contributed by atoms with E-state index in [1.165, 1.54) is 55.6 Å². The van der Waals surface area contributed by atoms with Gasteiger partial charge in [-0.2, -0.15) is 0 Å². The van der Waals surface area contributed by atoms with Gasteiger partial charge >= 0.3 is 0 Å². The monoisotopic (exact) mass is 373 g/mol. The largest absolute Gasteiger partial charge is 0.338 e. The molecule has 4 saturated heterocycles. The minimum Gasteiger partial charge on any atom is -0.338 e. The van der Waals surface area contributed by atoms with Crippen molar-refractivity contribution in [2.45, 2.75) is 57.7 Å². The van der Waals surface area contributed by atoms with Crippen LogP contribution in [0.4, 0.5) is 0 Å². The third-order valence-electron chi connectivity index (χ3n) is 6.71. The van der Waals surface area contributed by atoms with Gasteiger partial charge in [-0.1, -0.05) is 0 Å². The molecule has 1 saturated carbocycles. The molecule has 142 valence electrons. The Morgan fingerprint density at radius 1 is 1.00 bits per heavy atom. The standard InChI is InChI=1S/C21H31N3OS/c25-21-18-5-6-19(24(21)11-16-3-4-16)13-23(12-18)14-20-9-17(15-26-20)10-22-7-1-2-8-22/h9,15-16,18-19H,1-8,10-14H2/t18-,19+/m0/s1. The van der Waals surface area contributed by atoms with Crippen LogP contribution >= 0.6 is 11.3 Å². The number of amides is 1.